The first-order chi connectivity index (χ1) is 9.61. The van der Waals surface area contributed by atoms with E-state index in [1.165, 1.54) is 6.07 Å². The van der Waals surface area contributed by atoms with Gasteiger partial charge in [0, 0.05) is 5.33 Å². The Morgan fingerprint density at radius 2 is 2.00 bits per heavy atom. The highest BCUT2D eigenvalue weighted by Gasteiger charge is 2.15. The topological polar surface area (TPSA) is 67.5 Å². The van der Waals surface area contributed by atoms with Crippen LogP contribution in [0.1, 0.15) is 15.9 Å². The maximum atomic E-state index is 12.5. The van der Waals surface area contributed by atoms with Gasteiger partial charge in [0.05, 0.1) is 16.3 Å². The normalized spacial score (nSPS) is 11.1. The van der Waals surface area contributed by atoms with Crippen molar-refractivity contribution < 1.29 is 14.3 Å². The number of alkyl halides is 1. The van der Waals surface area contributed by atoms with E-state index in [2.05, 4.69) is 15.9 Å². The van der Waals surface area contributed by atoms with Gasteiger partial charge < -0.3 is 9.52 Å². The minimum Gasteiger partial charge on any atom is -0.478 e. The summed E-state index contributed by atoms with van der Waals surface area (Å²) >= 11 is 3.33. The van der Waals surface area contributed by atoms with Crippen LogP contribution >= 0.6 is 15.9 Å². The molecule has 0 aliphatic rings. The molecule has 0 spiro atoms. The number of halogens is 1. The fourth-order valence-corrected chi connectivity index (χ4v) is 2.56. The molecule has 2 aromatic carbocycles. The molecule has 0 unspecified atom stereocenters. The van der Waals surface area contributed by atoms with E-state index in [1.54, 1.807) is 24.3 Å². The van der Waals surface area contributed by atoms with Gasteiger partial charge in [-0.25, -0.2) is 4.79 Å². The summed E-state index contributed by atoms with van der Waals surface area (Å²) in [4.78, 5) is 23.8. The van der Waals surface area contributed by atoms with E-state index in [4.69, 9.17) is 4.42 Å². The molecule has 0 saturated heterocycles. The summed E-state index contributed by atoms with van der Waals surface area (Å²) in [7, 11) is 0. The molecular formula is C15H9BrO4. The number of rotatable bonds is 2. The molecular weight excluding hydrogens is 324 g/mol. The molecule has 100 valence electrons. The van der Waals surface area contributed by atoms with Gasteiger partial charge in [0.1, 0.15) is 11.2 Å². The standard InChI is InChI=1S/C15H9BrO4/c16-7-8-4-5-11-10(6-8)14(17)13-9(15(18)19)2-1-3-12(13)20-11/h1-6H,7H2,(H,18,19). The number of fused-ring (bicyclic) bond motifs is 2. The van der Waals surface area contributed by atoms with E-state index in [9.17, 15) is 14.7 Å². The first-order valence-electron chi connectivity index (χ1n) is 5.89. The Morgan fingerprint density at radius 3 is 2.70 bits per heavy atom. The quantitative estimate of drug-likeness (QED) is 0.575. The lowest BCUT2D eigenvalue weighted by atomic mass is 10.1. The van der Waals surface area contributed by atoms with Crippen LogP contribution in [0, 0.1) is 0 Å². The Balaban J connectivity index is 2.52. The average molecular weight is 333 g/mol. The number of hydrogen-bond acceptors (Lipinski definition) is 3. The summed E-state index contributed by atoms with van der Waals surface area (Å²) in [6.45, 7) is 0. The molecule has 3 rings (SSSR count). The Labute approximate surface area is 121 Å². The number of carbonyl (C=O) groups is 1. The average Bonchev–Trinajstić information content (AvgIpc) is 2.46. The third kappa shape index (κ3) is 1.91. The highest BCUT2D eigenvalue weighted by atomic mass is 79.9. The Bertz CT molecular complexity index is 895. The van der Waals surface area contributed by atoms with Crippen molar-refractivity contribution in [3.63, 3.8) is 0 Å². The van der Waals surface area contributed by atoms with E-state index in [0.717, 1.165) is 5.56 Å². The largest absolute Gasteiger partial charge is 0.478 e. The van der Waals surface area contributed by atoms with Crippen molar-refractivity contribution >= 4 is 43.8 Å². The molecule has 0 bridgehead atoms. The van der Waals surface area contributed by atoms with Gasteiger partial charge in [-0.05, 0) is 29.8 Å². The molecule has 0 atom stereocenters. The van der Waals surface area contributed by atoms with Crippen LogP contribution in [-0.4, -0.2) is 11.1 Å². The number of carboxylic acid groups (broad SMARTS) is 1. The van der Waals surface area contributed by atoms with Gasteiger partial charge in [-0.1, -0.05) is 28.1 Å². The number of hydrogen-bond donors (Lipinski definition) is 1. The summed E-state index contributed by atoms with van der Waals surface area (Å²) in [6.07, 6.45) is 0. The molecule has 0 amide bonds. The van der Waals surface area contributed by atoms with Crippen molar-refractivity contribution in [3.05, 3.63) is 57.7 Å². The third-order valence-electron chi connectivity index (χ3n) is 3.15. The summed E-state index contributed by atoms with van der Waals surface area (Å²) in [5.41, 5.74) is 1.31. The Morgan fingerprint density at radius 1 is 1.20 bits per heavy atom. The summed E-state index contributed by atoms with van der Waals surface area (Å²) in [5, 5.41) is 10.3. The number of carboxylic acids is 1. The van der Waals surface area contributed by atoms with Gasteiger partial charge in [-0.3, -0.25) is 4.79 Å². The first-order valence-corrected chi connectivity index (χ1v) is 7.01. The molecule has 1 aromatic heterocycles. The van der Waals surface area contributed by atoms with Gasteiger partial charge in [0.2, 0.25) is 5.43 Å². The fourth-order valence-electron chi connectivity index (χ4n) is 2.21. The Kier molecular flexibility index (Phi) is 3.06. The molecule has 0 saturated carbocycles. The third-order valence-corrected chi connectivity index (χ3v) is 3.79. The van der Waals surface area contributed by atoms with Crippen LogP contribution in [-0.2, 0) is 5.33 Å². The van der Waals surface area contributed by atoms with Crippen LogP contribution in [0.4, 0.5) is 0 Å². The Hall–Kier alpha value is -2.14. The zero-order valence-corrected chi connectivity index (χ0v) is 11.8. The zero-order chi connectivity index (χ0) is 14.3. The van der Waals surface area contributed by atoms with E-state index < -0.39 is 5.97 Å². The van der Waals surface area contributed by atoms with Gasteiger partial charge in [-0.2, -0.15) is 0 Å². The summed E-state index contributed by atoms with van der Waals surface area (Å²) in [6, 6.07) is 9.86. The van der Waals surface area contributed by atoms with Crippen LogP contribution in [0.25, 0.3) is 21.9 Å². The van der Waals surface area contributed by atoms with Crippen molar-refractivity contribution in [2.24, 2.45) is 0 Å². The number of aromatic carboxylic acids is 1. The predicted molar refractivity (Wildman–Crippen MR) is 79.6 cm³/mol. The monoisotopic (exact) mass is 332 g/mol. The lowest BCUT2D eigenvalue weighted by Crippen LogP contribution is -2.08. The van der Waals surface area contributed by atoms with Crippen LogP contribution in [0.3, 0.4) is 0 Å². The number of benzene rings is 2. The van der Waals surface area contributed by atoms with Crippen LogP contribution in [0.2, 0.25) is 0 Å². The first kappa shape index (κ1) is 12.9. The maximum absolute atomic E-state index is 12.5. The van der Waals surface area contributed by atoms with Crippen molar-refractivity contribution in [1.29, 1.82) is 0 Å². The minimum atomic E-state index is -1.14. The summed E-state index contributed by atoms with van der Waals surface area (Å²) < 4.78 is 5.64. The van der Waals surface area contributed by atoms with Crippen molar-refractivity contribution in [2.75, 3.05) is 0 Å². The van der Waals surface area contributed by atoms with Crippen LogP contribution < -0.4 is 5.43 Å². The van der Waals surface area contributed by atoms with Gasteiger partial charge in [-0.15, -0.1) is 0 Å². The smallest absolute Gasteiger partial charge is 0.336 e. The lowest BCUT2D eigenvalue weighted by Gasteiger charge is -2.05. The zero-order valence-electron chi connectivity index (χ0n) is 10.2. The molecule has 0 radical (unpaired) electrons. The molecule has 1 N–H and O–H groups in total. The molecule has 3 aromatic rings. The molecule has 5 heteroatoms. The second kappa shape index (κ2) is 4.76. The molecule has 4 nitrogen and oxygen atoms in total. The molecule has 0 aliphatic heterocycles. The fraction of sp³-hybridized carbons (Fsp3) is 0.0667. The second-order valence-electron chi connectivity index (χ2n) is 4.38. The van der Waals surface area contributed by atoms with Crippen LogP contribution in [0.5, 0.6) is 0 Å². The van der Waals surface area contributed by atoms with Gasteiger partial charge in [0.15, 0.2) is 0 Å². The molecule has 20 heavy (non-hydrogen) atoms. The van der Waals surface area contributed by atoms with Gasteiger partial charge in [0.25, 0.3) is 0 Å². The van der Waals surface area contributed by atoms with Crippen LogP contribution in [0.15, 0.2) is 45.6 Å². The van der Waals surface area contributed by atoms with Gasteiger partial charge >= 0.3 is 5.97 Å². The van der Waals surface area contributed by atoms with Crippen molar-refractivity contribution in [2.45, 2.75) is 5.33 Å². The SMILES string of the molecule is O=C(O)c1cccc2oc3ccc(CBr)cc3c(=O)c12. The summed E-state index contributed by atoms with van der Waals surface area (Å²) in [5.74, 6) is -1.14. The predicted octanol–water partition coefficient (Wildman–Crippen LogP) is 3.54. The minimum absolute atomic E-state index is 0.0394. The molecule has 0 aliphatic carbocycles. The van der Waals surface area contributed by atoms with E-state index >= 15 is 0 Å². The molecule has 0 fully saturated rings. The van der Waals surface area contributed by atoms with Crippen molar-refractivity contribution in [3.8, 4) is 0 Å². The highest BCUT2D eigenvalue weighted by molar-refractivity contribution is 9.08. The van der Waals surface area contributed by atoms with E-state index in [-0.39, 0.29) is 22.0 Å². The van der Waals surface area contributed by atoms with E-state index in [1.807, 2.05) is 6.07 Å². The lowest BCUT2D eigenvalue weighted by molar-refractivity contribution is 0.0699. The second-order valence-corrected chi connectivity index (χ2v) is 4.94. The molecule has 1 heterocycles. The highest BCUT2D eigenvalue weighted by Crippen LogP contribution is 2.22. The van der Waals surface area contributed by atoms with E-state index in [0.29, 0.717) is 16.3 Å². The van der Waals surface area contributed by atoms with Crippen molar-refractivity contribution in [1.82, 2.24) is 0 Å². The maximum Gasteiger partial charge on any atom is 0.336 e.